The van der Waals surface area contributed by atoms with E-state index in [2.05, 4.69) is 26.0 Å². The van der Waals surface area contributed by atoms with Crippen molar-refractivity contribution < 1.29 is 9.90 Å². The van der Waals surface area contributed by atoms with E-state index in [0.717, 1.165) is 0 Å². The lowest BCUT2D eigenvalue weighted by Crippen LogP contribution is -2.12. The first-order valence-corrected chi connectivity index (χ1v) is 5.29. The first-order valence-electron chi connectivity index (χ1n) is 5.29. The molecule has 0 saturated carbocycles. The molecule has 0 bridgehead atoms. The Morgan fingerprint density at radius 1 is 1.33 bits per heavy atom. The topological polar surface area (TPSA) is 37.3 Å². The molecule has 1 rings (SSSR count). The first-order chi connectivity index (χ1) is 7.02. The summed E-state index contributed by atoms with van der Waals surface area (Å²) in [7, 11) is 0. The van der Waals surface area contributed by atoms with E-state index in [0.29, 0.717) is 5.92 Å². The Labute approximate surface area is 90.9 Å². The molecule has 2 atom stereocenters. The predicted molar refractivity (Wildman–Crippen MR) is 61.0 cm³/mol. The Kier molecular flexibility index (Phi) is 3.89. The van der Waals surface area contributed by atoms with Crippen LogP contribution in [0.15, 0.2) is 24.3 Å². The van der Waals surface area contributed by atoms with Gasteiger partial charge in [-0.1, -0.05) is 38.1 Å². The van der Waals surface area contributed by atoms with Crippen LogP contribution in [0.5, 0.6) is 0 Å². The van der Waals surface area contributed by atoms with Gasteiger partial charge in [0.15, 0.2) is 0 Å². The quantitative estimate of drug-likeness (QED) is 0.821. The average Bonchev–Trinajstić information content (AvgIpc) is 2.16. The maximum absolute atomic E-state index is 10.6. The fraction of sp³-hybridized carbons (Fsp3) is 0.462. The van der Waals surface area contributed by atoms with Crippen molar-refractivity contribution in [1.82, 2.24) is 0 Å². The summed E-state index contributed by atoms with van der Waals surface area (Å²) in [5.41, 5.74) is 2.49. The second-order valence-corrected chi connectivity index (χ2v) is 4.22. The Morgan fingerprint density at radius 2 is 1.93 bits per heavy atom. The highest BCUT2D eigenvalue weighted by atomic mass is 16.4. The Morgan fingerprint density at radius 3 is 2.47 bits per heavy atom. The Hall–Kier alpha value is -1.31. The zero-order chi connectivity index (χ0) is 11.4. The van der Waals surface area contributed by atoms with Crippen molar-refractivity contribution in [2.75, 3.05) is 0 Å². The molecule has 1 aromatic carbocycles. The normalized spacial score (nSPS) is 14.6. The van der Waals surface area contributed by atoms with Crippen molar-refractivity contribution in [2.24, 2.45) is 5.92 Å². The minimum atomic E-state index is -0.720. The molecular weight excluding hydrogens is 188 g/mol. The molecule has 0 fully saturated rings. The summed E-state index contributed by atoms with van der Waals surface area (Å²) < 4.78 is 0. The van der Waals surface area contributed by atoms with Crippen LogP contribution >= 0.6 is 0 Å². The minimum absolute atomic E-state index is 0.170. The number of hydrogen-bond donors (Lipinski definition) is 1. The third kappa shape index (κ3) is 3.08. The third-order valence-electron chi connectivity index (χ3n) is 3.03. The lowest BCUT2D eigenvalue weighted by atomic mass is 9.85. The van der Waals surface area contributed by atoms with Crippen LogP contribution in [-0.4, -0.2) is 11.1 Å². The van der Waals surface area contributed by atoms with Gasteiger partial charge in [0, 0.05) is 6.42 Å². The van der Waals surface area contributed by atoms with Gasteiger partial charge < -0.3 is 5.11 Å². The monoisotopic (exact) mass is 206 g/mol. The van der Waals surface area contributed by atoms with E-state index in [1.165, 1.54) is 11.1 Å². The fourth-order valence-electron chi connectivity index (χ4n) is 1.86. The molecule has 15 heavy (non-hydrogen) atoms. The van der Waals surface area contributed by atoms with Crippen molar-refractivity contribution in [3.63, 3.8) is 0 Å². The minimum Gasteiger partial charge on any atom is -0.481 e. The van der Waals surface area contributed by atoms with Gasteiger partial charge in [-0.25, -0.2) is 0 Å². The number of carboxylic acids is 1. The maximum Gasteiger partial charge on any atom is 0.303 e. The summed E-state index contributed by atoms with van der Waals surface area (Å²) in [6.07, 6.45) is 0.232. The zero-order valence-electron chi connectivity index (χ0n) is 9.53. The smallest absolute Gasteiger partial charge is 0.303 e. The molecule has 0 aliphatic rings. The van der Waals surface area contributed by atoms with Crippen LogP contribution in [0, 0.1) is 12.8 Å². The van der Waals surface area contributed by atoms with Crippen molar-refractivity contribution in [3.05, 3.63) is 35.4 Å². The van der Waals surface area contributed by atoms with E-state index in [4.69, 9.17) is 5.11 Å². The molecule has 82 valence electrons. The molecule has 0 amide bonds. The van der Waals surface area contributed by atoms with Gasteiger partial charge in [0.25, 0.3) is 0 Å². The fourth-order valence-corrected chi connectivity index (χ4v) is 1.86. The van der Waals surface area contributed by atoms with E-state index in [1.54, 1.807) is 0 Å². The van der Waals surface area contributed by atoms with E-state index in [9.17, 15) is 4.79 Å². The summed E-state index contributed by atoms with van der Waals surface area (Å²) in [5.74, 6) is -0.256. The molecule has 1 unspecified atom stereocenters. The molecular formula is C13H18O2. The van der Waals surface area contributed by atoms with Gasteiger partial charge >= 0.3 is 5.97 Å². The second kappa shape index (κ2) is 4.96. The standard InChI is InChI=1S/C13H18O2/c1-9-6-4-5-7-12(9)11(3)10(2)8-13(14)15/h4-7,10-11H,8H2,1-3H3,(H,14,15)/t10?,11-/m1/s1. The molecule has 2 heteroatoms. The van der Waals surface area contributed by atoms with E-state index in [1.807, 2.05) is 19.1 Å². The van der Waals surface area contributed by atoms with Crippen LogP contribution in [0.3, 0.4) is 0 Å². The summed E-state index contributed by atoms with van der Waals surface area (Å²) in [6.45, 7) is 6.15. The van der Waals surface area contributed by atoms with Gasteiger partial charge in [0.1, 0.15) is 0 Å². The highest BCUT2D eigenvalue weighted by Gasteiger charge is 2.18. The lowest BCUT2D eigenvalue weighted by Gasteiger charge is -2.20. The molecule has 0 spiro atoms. The average molecular weight is 206 g/mol. The first kappa shape index (κ1) is 11.8. The molecule has 0 aliphatic carbocycles. The van der Waals surface area contributed by atoms with Crippen molar-refractivity contribution in [2.45, 2.75) is 33.1 Å². The molecule has 2 nitrogen and oxygen atoms in total. The number of benzene rings is 1. The van der Waals surface area contributed by atoms with Crippen LogP contribution < -0.4 is 0 Å². The summed E-state index contributed by atoms with van der Waals surface area (Å²) in [4.78, 5) is 10.6. The Balaban J connectivity index is 2.80. The Bertz CT molecular complexity index is 344. The molecule has 0 aromatic heterocycles. The maximum atomic E-state index is 10.6. The van der Waals surface area contributed by atoms with Crippen LogP contribution in [0.4, 0.5) is 0 Å². The highest BCUT2D eigenvalue weighted by molar-refractivity contribution is 5.67. The lowest BCUT2D eigenvalue weighted by molar-refractivity contribution is -0.138. The predicted octanol–water partition coefficient (Wildman–Crippen LogP) is 3.21. The van der Waals surface area contributed by atoms with E-state index in [-0.39, 0.29) is 12.3 Å². The number of carboxylic acid groups (broad SMARTS) is 1. The van der Waals surface area contributed by atoms with E-state index < -0.39 is 5.97 Å². The van der Waals surface area contributed by atoms with Crippen LogP contribution in [-0.2, 0) is 4.79 Å². The summed E-state index contributed by atoms with van der Waals surface area (Å²) >= 11 is 0. The number of aliphatic carboxylic acids is 1. The van der Waals surface area contributed by atoms with Crippen molar-refractivity contribution >= 4 is 5.97 Å². The van der Waals surface area contributed by atoms with Gasteiger partial charge in [-0.2, -0.15) is 0 Å². The second-order valence-electron chi connectivity index (χ2n) is 4.22. The van der Waals surface area contributed by atoms with Gasteiger partial charge in [0.05, 0.1) is 0 Å². The number of hydrogen-bond acceptors (Lipinski definition) is 1. The summed E-state index contributed by atoms with van der Waals surface area (Å²) in [5, 5.41) is 8.75. The molecule has 0 aliphatic heterocycles. The molecule has 1 N–H and O–H groups in total. The van der Waals surface area contributed by atoms with Crippen LogP contribution in [0.25, 0.3) is 0 Å². The SMILES string of the molecule is Cc1ccccc1[C@H](C)C(C)CC(=O)O. The molecule has 0 radical (unpaired) electrons. The third-order valence-corrected chi connectivity index (χ3v) is 3.03. The molecule has 0 saturated heterocycles. The largest absolute Gasteiger partial charge is 0.481 e. The van der Waals surface area contributed by atoms with Gasteiger partial charge in [-0.3, -0.25) is 4.79 Å². The number of carbonyl (C=O) groups is 1. The molecule has 1 aromatic rings. The van der Waals surface area contributed by atoms with Gasteiger partial charge in [0.2, 0.25) is 0 Å². The molecule has 0 heterocycles. The zero-order valence-corrected chi connectivity index (χ0v) is 9.53. The van der Waals surface area contributed by atoms with Crippen LogP contribution in [0.2, 0.25) is 0 Å². The van der Waals surface area contributed by atoms with Crippen LogP contribution in [0.1, 0.15) is 37.3 Å². The van der Waals surface area contributed by atoms with Gasteiger partial charge in [-0.15, -0.1) is 0 Å². The van der Waals surface area contributed by atoms with Gasteiger partial charge in [-0.05, 0) is 29.9 Å². The number of rotatable bonds is 4. The van der Waals surface area contributed by atoms with E-state index >= 15 is 0 Å². The highest BCUT2D eigenvalue weighted by Crippen LogP contribution is 2.28. The number of aryl methyl sites for hydroxylation is 1. The van der Waals surface area contributed by atoms with Crippen molar-refractivity contribution in [1.29, 1.82) is 0 Å². The van der Waals surface area contributed by atoms with Crippen molar-refractivity contribution in [3.8, 4) is 0 Å². The summed E-state index contributed by atoms with van der Waals surface area (Å²) in [6, 6.07) is 8.16.